The fraction of sp³-hybridized carbons (Fsp3) is 0.394. The third kappa shape index (κ3) is 7.55. The molecule has 37 heavy (non-hydrogen) atoms. The lowest BCUT2D eigenvalue weighted by molar-refractivity contribution is -0.114. The van der Waals surface area contributed by atoms with Crippen molar-refractivity contribution < 1.29 is 19.4 Å². The van der Waals surface area contributed by atoms with Crippen molar-refractivity contribution in [3.05, 3.63) is 87.6 Å². The molecule has 1 aliphatic heterocycles. The summed E-state index contributed by atoms with van der Waals surface area (Å²) >= 11 is 0. The van der Waals surface area contributed by atoms with Crippen LogP contribution in [0.5, 0.6) is 11.5 Å². The van der Waals surface area contributed by atoms with Gasteiger partial charge in [-0.05, 0) is 97.9 Å². The molecule has 1 aliphatic carbocycles. The number of fused-ring (bicyclic) bond motifs is 2. The maximum absolute atomic E-state index is 13.0. The molecule has 1 aromatic carbocycles. The topological polar surface area (TPSA) is 63.6 Å². The molecule has 1 unspecified atom stereocenters. The summed E-state index contributed by atoms with van der Waals surface area (Å²) in [6.07, 6.45) is 15.7. The largest absolute Gasteiger partial charge is 0.508 e. The normalized spacial score (nSPS) is 17.3. The van der Waals surface area contributed by atoms with Crippen LogP contribution < -0.4 is 4.74 Å². The summed E-state index contributed by atoms with van der Waals surface area (Å²) in [5, 5.41) is 10.5. The van der Waals surface area contributed by atoms with E-state index in [1.807, 2.05) is 0 Å². The fourth-order valence-electron chi connectivity index (χ4n) is 4.67. The number of ether oxygens (including phenoxy) is 1. The lowest BCUT2D eigenvalue weighted by atomic mass is 9.82. The Kier molecular flexibility index (Phi) is 9.68. The van der Waals surface area contributed by atoms with Gasteiger partial charge in [-0.25, -0.2) is 0 Å². The summed E-state index contributed by atoms with van der Waals surface area (Å²) in [7, 11) is 0. The van der Waals surface area contributed by atoms with E-state index in [1.54, 1.807) is 12.1 Å². The van der Waals surface area contributed by atoms with Gasteiger partial charge in [-0.15, -0.1) is 0 Å². The van der Waals surface area contributed by atoms with Gasteiger partial charge in [-0.3, -0.25) is 9.59 Å². The number of ketones is 2. The smallest absolute Gasteiger partial charge is 0.187 e. The van der Waals surface area contributed by atoms with Crippen molar-refractivity contribution in [1.82, 2.24) is 0 Å². The number of carbonyl (C=O) groups excluding carboxylic acids is 2. The molecule has 1 atom stereocenters. The standard InChI is InChI=1S/C33H40O4/c1-21(2)9-7-11-23(5)13-15-25-19-26(34)20-27-31-28(35)16-17-29(36)32(31)30(37-33(25)27)18-14-24(6)12-8-10-22(3)4/h9-10,13-14,16-17,19-20,30,34H,7-8,11-12,15,18H2,1-6H3/b23-13+,24-14+. The third-order valence-corrected chi connectivity index (χ3v) is 6.70. The number of carbonyl (C=O) groups is 2. The zero-order chi connectivity index (χ0) is 27.1. The van der Waals surface area contributed by atoms with Crippen LogP contribution in [0, 0.1) is 0 Å². The molecule has 0 fully saturated rings. The quantitative estimate of drug-likeness (QED) is 0.262. The first kappa shape index (κ1) is 28.2. The van der Waals surface area contributed by atoms with Gasteiger partial charge in [0.1, 0.15) is 17.6 Å². The van der Waals surface area contributed by atoms with Gasteiger partial charge in [0, 0.05) is 23.1 Å². The summed E-state index contributed by atoms with van der Waals surface area (Å²) in [6, 6.07) is 3.24. The van der Waals surface area contributed by atoms with E-state index in [1.165, 1.54) is 34.4 Å². The minimum atomic E-state index is -0.548. The van der Waals surface area contributed by atoms with E-state index < -0.39 is 6.10 Å². The Morgan fingerprint density at radius 3 is 2.05 bits per heavy atom. The van der Waals surface area contributed by atoms with E-state index >= 15 is 0 Å². The highest BCUT2D eigenvalue weighted by molar-refractivity contribution is 6.37. The monoisotopic (exact) mass is 500 g/mol. The summed E-state index contributed by atoms with van der Waals surface area (Å²) in [6.45, 7) is 12.6. The van der Waals surface area contributed by atoms with E-state index in [2.05, 4.69) is 65.8 Å². The summed E-state index contributed by atoms with van der Waals surface area (Å²) in [5.74, 6) is 0.212. The second kappa shape index (κ2) is 12.7. The average molecular weight is 501 g/mol. The minimum Gasteiger partial charge on any atom is -0.508 e. The maximum atomic E-state index is 13.0. The van der Waals surface area contributed by atoms with Crippen molar-refractivity contribution in [2.24, 2.45) is 0 Å². The molecule has 3 rings (SSSR count). The molecule has 0 bridgehead atoms. The fourth-order valence-corrected chi connectivity index (χ4v) is 4.67. The second-order valence-electron chi connectivity index (χ2n) is 10.6. The highest BCUT2D eigenvalue weighted by atomic mass is 16.5. The molecule has 1 aromatic rings. The Bertz CT molecular complexity index is 1240. The van der Waals surface area contributed by atoms with Crippen molar-refractivity contribution in [3.63, 3.8) is 0 Å². The van der Waals surface area contributed by atoms with Gasteiger partial charge in [0.25, 0.3) is 0 Å². The van der Waals surface area contributed by atoms with Crippen LogP contribution in [0.2, 0.25) is 0 Å². The van der Waals surface area contributed by atoms with Crippen LogP contribution in [0.15, 0.2) is 76.5 Å². The van der Waals surface area contributed by atoms with Crippen LogP contribution >= 0.6 is 0 Å². The Hall–Kier alpha value is -3.40. The van der Waals surface area contributed by atoms with E-state index in [0.717, 1.165) is 31.2 Å². The van der Waals surface area contributed by atoms with Crippen LogP contribution in [0.3, 0.4) is 0 Å². The van der Waals surface area contributed by atoms with Crippen molar-refractivity contribution in [1.29, 1.82) is 0 Å². The molecule has 4 nitrogen and oxygen atoms in total. The zero-order valence-electron chi connectivity index (χ0n) is 23.1. The summed E-state index contributed by atoms with van der Waals surface area (Å²) in [4.78, 5) is 26.0. The number of hydrogen-bond acceptors (Lipinski definition) is 4. The van der Waals surface area contributed by atoms with E-state index in [-0.39, 0.29) is 17.3 Å². The van der Waals surface area contributed by atoms with Gasteiger partial charge in [-0.1, -0.05) is 46.6 Å². The maximum Gasteiger partial charge on any atom is 0.187 e. The Labute approximate surface area is 221 Å². The van der Waals surface area contributed by atoms with Gasteiger partial charge in [0.05, 0.1) is 5.57 Å². The van der Waals surface area contributed by atoms with E-state index in [4.69, 9.17) is 4.74 Å². The third-order valence-electron chi connectivity index (χ3n) is 6.70. The molecule has 0 radical (unpaired) electrons. The van der Waals surface area contributed by atoms with Crippen molar-refractivity contribution in [2.45, 2.75) is 86.2 Å². The first-order chi connectivity index (χ1) is 17.6. The number of hydrogen-bond donors (Lipinski definition) is 1. The average Bonchev–Trinajstić information content (AvgIpc) is 2.82. The van der Waals surface area contributed by atoms with Gasteiger partial charge < -0.3 is 9.84 Å². The number of rotatable bonds is 10. The van der Waals surface area contributed by atoms with Gasteiger partial charge >= 0.3 is 0 Å². The molecule has 0 amide bonds. The predicted molar refractivity (Wildman–Crippen MR) is 152 cm³/mol. The first-order valence-corrected chi connectivity index (χ1v) is 13.2. The number of phenols is 1. The Morgan fingerprint density at radius 2 is 1.43 bits per heavy atom. The molecule has 196 valence electrons. The van der Waals surface area contributed by atoms with Crippen molar-refractivity contribution in [3.8, 4) is 11.5 Å². The molecule has 0 spiro atoms. The lowest BCUT2D eigenvalue weighted by Gasteiger charge is -2.32. The minimum absolute atomic E-state index is 0.0584. The van der Waals surface area contributed by atoms with Gasteiger partial charge in [-0.2, -0.15) is 0 Å². The highest BCUT2D eigenvalue weighted by Gasteiger charge is 2.37. The zero-order valence-corrected chi connectivity index (χ0v) is 23.1. The Morgan fingerprint density at radius 1 is 0.838 bits per heavy atom. The number of benzene rings is 1. The molecule has 0 saturated carbocycles. The Balaban J connectivity index is 1.94. The van der Waals surface area contributed by atoms with Crippen molar-refractivity contribution >= 4 is 17.1 Å². The van der Waals surface area contributed by atoms with Gasteiger partial charge in [0.15, 0.2) is 11.6 Å². The molecule has 0 saturated heterocycles. The van der Waals surface area contributed by atoms with Crippen molar-refractivity contribution in [2.75, 3.05) is 0 Å². The van der Waals surface area contributed by atoms with Crippen LogP contribution in [-0.4, -0.2) is 22.8 Å². The SMILES string of the molecule is CC(C)=CCC/C(C)=C/Cc1cc(O)cc2c1OC(C/C=C(\C)CCC=C(C)C)C1=C2C(=O)C=CC1=O. The molecular weight excluding hydrogens is 460 g/mol. The molecule has 4 heteroatoms. The number of allylic oxidation sites excluding steroid dienone is 10. The van der Waals surface area contributed by atoms with Gasteiger partial charge in [0.2, 0.25) is 0 Å². The van der Waals surface area contributed by atoms with Crippen LogP contribution in [-0.2, 0) is 16.0 Å². The highest BCUT2D eigenvalue weighted by Crippen LogP contribution is 2.44. The summed E-state index contributed by atoms with van der Waals surface area (Å²) in [5.41, 5.74) is 7.14. The number of phenolic OH excluding ortho intramolecular Hbond substituents is 1. The van der Waals surface area contributed by atoms with E-state index in [9.17, 15) is 14.7 Å². The molecule has 2 aliphatic rings. The molecule has 0 aromatic heterocycles. The molecule has 1 N–H and O–H groups in total. The molecular formula is C33H40O4. The van der Waals surface area contributed by atoms with E-state index in [0.29, 0.717) is 35.3 Å². The van der Waals surface area contributed by atoms with Crippen LogP contribution in [0.4, 0.5) is 0 Å². The van der Waals surface area contributed by atoms with Crippen LogP contribution in [0.25, 0.3) is 5.57 Å². The summed E-state index contributed by atoms with van der Waals surface area (Å²) < 4.78 is 6.47. The second-order valence-corrected chi connectivity index (χ2v) is 10.6. The number of aromatic hydroxyl groups is 1. The predicted octanol–water partition coefficient (Wildman–Crippen LogP) is 7.93. The molecule has 1 heterocycles. The first-order valence-electron chi connectivity index (χ1n) is 13.2. The lowest BCUT2D eigenvalue weighted by Crippen LogP contribution is -2.32. The van der Waals surface area contributed by atoms with Crippen LogP contribution in [0.1, 0.15) is 84.8 Å².